The number of para-hydroxylation sites is 1. The van der Waals surface area contributed by atoms with Crippen LogP contribution in [0.2, 0.25) is 0 Å². The number of aliphatic hydroxyl groups excluding tert-OH is 1. The largest absolute Gasteiger partial charge is 0.481 e. The normalized spacial score (nSPS) is 15.0. The van der Waals surface area contributed by atoms with Gasteiger partial charge in [0, 0.05) is 23.5 Å². The Morgan fingerprint density at radius 2 is 1.77 bits per heavy atom. The number of hydrogen-bond donors (Lipinski definition) is 7. The van der Waals surface area contributed by atoms with E-state index in [1.807, 2.05) is 18.2 Å². The van der Waals surface area contributed by atoms with Crippen molar-refractivity contribution in [3.63, 3.8) is 0 Å². The van der Waals surface area contributed by atoms with E-state index >= 15 is 0 Å². The molecule has 0 aliphatic carbocycles. The number of carboxylic acids is 2. The van der Waals surface area contributed by atoms with Gasteiger partial charge in [0.2, 0.25) is 11.8 Å². The highest BCUT2D eigenvalue weighted by Crippen LogP contribution is 2.19. The summed E-state index contributed by atoms with van der Waals surface area (Å²) in [6.07, 6.45) is -0.394. The number of carboxylic acid groups (broad SMARTS) is 2. The molecule has 162 valence electrons. The Morgan fingerprint density at radius 3 is 2.37 bits per heavy atom. The van der Waals surface area contributed by atoms with Crippen molar-refractivity contribution in [2.24, 2.45) is 5.73 Å². The molecule has 1 aromatic heterocycles. The van der Waals surface area contributed by atoms with Crippen LogP contribution in [0.1, 0.15) is 18.9 Å². The van der Waals surface area contributed by atoms with E-state index in [4.69, 9.17) is 10.8 Å². The maximum atomic E-state index is 12.7. The first-order valence-electron chi connectivity index (χ1n) is 9.14. The number of carbonyl (C=O) groups is 4. The first kappa shape index (κ1) is 22.8. The van der Waals surface area contributed by atoms with Crippen LogP contribution in [-0.2, 0) is 25.6 Å². The van der Waals surface area contributed by atoms with Gasteiger partial charge in [-0.15, -0.1) is 0 Å². The average molecular weight is 420 g/mol. The zero-order chi connectivity index (χ0) is 22.4. The summed E-state index contributed by atoms with van der Waals surface area (Å²) in [7, 11) is 0. The van der Waals surface area contributed by atoms with E-state index in [-0.39, 0.29) is 6.42 Å². The van der Waals surface area contributed by atoms with Crippen LogP contribution in [0.3, 0.4) is 0 Å². The summed E-state index contributed by atoms with van der Waals surface area (Å²) in [5, 5.41) is 33.0. The second-order valence-corrected chi connectivity index (χ2v) is 6.89. The summed E-state index contributed by atoms with van der Waals surface area (Å²) in [5.41, 5.74) is 7.03. The van der Waals surface area contributed by atoms with Gasteiger partial charge in [-0.05, 0) is 18.6 Å². The predicted octanol–water partition coefficient (Wildman–Crippen LogP) is -1.05. The number of amides is 2. The van der Waals surface area contributed by atoms with Crippen LogP contribution in [0.5, 0.6) is 0 Å². The molecule has 0 bridgehead atoms. The Morgan fingerprint density at radius 1 is 1.10 bits per heavy atom. The maximum Gasteiger partial charge on any atom is 0.328 e. The highest BCUT2D eigenvalue weighted by molar-refractivity contribution is 5.94. The molecule has 0 spiro atoms. The Labute approximate surface area is 171 Å². The van der Waals surface area contributed by atoms with E-state index in [1.165, 1.54) is 6.92 Å². The molecule has 8 N–H and O–H groups in total. The standard InChI is InChI=1S/C19H24N4O7/c1-9(24)16(19(29)30)23-18(28)14(22-17(27)12(20)7-15(25)26)6-10-8-21-13-5-3-2-4-11(10)13/h2-5,8-9,12,14,16,21,24H,6-7,20H2,1H3,(H,22,27)(H,23,28)(H,25,26)(H,29,30)/t9-,12+,14+,16+/m1/s1. The maximum absolute atomic E-state index is 12.7. The lowest BCUT2D eigenvalue weighted by molar-refractivity contribution is -0.145. The SMILES string of the molecule is C[C@@H](O)[C@H](NC(=O)[C@H](Cc1c[nH]c2ccccc12)NC(=O)[C@@H](N)CC(=O)O)C(=O)O. The molecule has 0 saturated heterocycles. The molecule has 0 radical (unpaired) electrons. The Hall–Kier alpha value is -3.44. The van der Waals surface area contributed by atoms with Crippen LogP contribution in [0.25, 0.3) is 10.9 Å². The minimum atomic E-state index is -1.59. The number of H-pyrrole nitrogens is 1. The number of aromatic nitrogens is 1. The molecule has 1 aromatic carbocycles. The number of hydrogen-bond acceptors (Lipinski definition) is 6. The minimum absolute atomic E-state index is 0.0203. The van der Waals surface area contributed by atoms with E-state index in [1.54, 1.807) is 12.3 Å². The molecular formula is C19H24N4O7. The number of carbonyl (C=O) groups excluding carboxylic acids is 2. The van der Waals surface area contributed by atoms with Crippen molar-refractivity contribution >= 4 is 34.7 Å². The van der Waals surface area contributed by atoms with E-state index < -0.39 is 54.4 Å². The number of aromatic amines is 1. The van der Waals surface area contributed by atoms with Crippen LogP contribution in [0.4, 0.5) is 0 Å². The van der Waals surface area contributed by atoms with Crippen LogP contribution >= 0.6 is 0 Å². The molecule has 2 rings (SSSR count). The van der Waals surface area contributed by atoms with E-state index in [9.17, 15) is 29.4 Å². The third-order valence-corrected chi connectivity index (χ3v) is 4.51. The van der Waals surface area contributed by atoms with Gasteiger partial charge in [-0.1, -0.05) is 18.2 Å². The topological polar surface area (TPSA) is 195 Å². The number of aliphatic carboxylic acids is 2. The second-order valence-electron chi connectivity index (χ2n) is 6.89. The second kappa shape index (κ2) is 9.85. The lowest BCUT2D eigenvalue weighted by Crippen LogP contribution is -2.57. The number of fused-ring (bicyclic) bond motifs is 1. The highest BCUT2D eigenvalue weighted by atomic mass is 16.4. The molecule has 0 saturated carbocycles. The van der Waals surface area contributed by atoms with E-state index in [2.05, 4.69) is 15.6 Å². The van der Waals surface area contributed by atoms with Gasteiger partial charge in [0.05, 0.1) is 18.6 Å². The molecular weight excluding hydrogens is 396 g/mol. The molecule has 11 heteroatoms. The zero-order valence-electron chi connectivity index (χ0n) is 16.2. The summed E-state index contributed by atoms with van der Waals surface area (Å²) < 4.78 is 0. The fraction of sp³-hybridized carbons (Fsp3) is 0.368. The van der Waals surface area contributed by atoms with Gasteiger partial charge >= 0.3 is 11.9 Å². The van der Waals surface area contributed by atoms with Gasteiger partial charge in [0.1, 0.15) is 6.04 Å². The lowest BCUT2D eigenvalue weighted by Gasteiger charge is -2.23. The zero-order valence-corrected chi connectivity index (χ0v) is 16.2. The van der Waals surface area contributed by atoms with Crippen LogP contribution in [0, 0.1) is 0 Å². The quantitative estimate of drug-likeness (QED) is 0.253. The lowest BCUT2D eigenvalue weighted by atomic mass is 10.0. The van der Waals surface area contributed by atoms with Gasteiger partial charge in [0.25, 0.3) is 0 Å². The van der Waals surface area contributed by atoms with Crippen LogP contribution in [0.15, 0.2) is 30.5 Å². The number of rotatable bonds is 10. The molecule has 2 aromatic rings. The Bertz CT molecular complexity index is 940. The van der Waals surface area contributed by atoms with Crippen LogP contribution in [-0.4, -0.2) is 68.3 Å². The Kier molecular flexibility index (Phi) is 7.50. The van der Waals surface area contributed by atoms with Crippen molar-refractivity contribution < 1.29 is 34.5 Å². The summed E-state index contributed by atoms with van der Waals surface area (Å²) in [6, 6.07) is 3.01. The van der Waals surface area contributed by atoms with Crippen molar-refractivity contribution in [2.75, 3.05) is 0 Å². The first-order valence-corrected chi connectivity index (χ1v) is 9.14. The highest BCUT2D eigenvalue weighted by Gasteiger charge is 2.31. The van der Waals surface area contributed by atoms with Gasteiger partial charge in [-0.2, -0.15) is 0 Å². The molecule has 0 unspecified atom stereocenters. The molecule has 2 amide bonds. The fourth-order valence-electron chi connectivity index (χ4n) is 2.93. The number of nitrogens with one attached hydrogen (secondary N) is 3. The van der Waals surface area contributed by atoms with Crippen molar-refractivity contribution in [3.05, 3.63) is 36.0 Å². The van der Waals surface area contributed by atoms with Gasteiger partial charge in [-0.3, -0.25) is 14.4 Å². The summed E-state index contributed by atoms with van der Waals surface area (Å²) in [6.45, 7) is 1.20. The molecule has 0 aliphatic rings. The predicted molar refractivity (Wildman–Crippen MR) is 105 cm³/mol. The van der Waals surface area contributed by atoms with Gasteiger partial charge < -0.3 is 36.7 Å². The monoisotopic (exact) mass is 420 g/mol. The van der Waals surface area contributed by atoms with E-state index in [0.29, 0.717) is 5.56 Å². The molecule has 1 heterocycles. The molecule has 0 aliphatic heterocycles. The fourth-order valence-corrected chi connectivity index (χ4v) is 2.93. The van der Waals surface area contributed by atoms with Crippen molar-refractivity contribution in [2.45, 2.75) is 44.0 Å². The van der Waals surface area contributed by atoms with Crippen molar-refractivity contribution in [1.82, 2.24) is 15.6 Å². The summed E-state index contributed by atoms with van der Waals surface area (Å²) >= 11 is 0. The minimum Gasteiger partial charge on any atom is -0.481 e. The number of aliphatic hydroxyl groups is 1. The van der Waals surface area contributed by atoms with Gasteiger partial charge in [-0.25, -0.2) is 4.79 Å². The van der Waals surface area contributed by atoms with Gasteiger partial charge in [0.15, 0.2) is 6.04 Å². The first-order chi connectivity index (χ1) is 14.1. The van der Waals surface area contributed by atoms with Crippen molar-refractivity contribution in [1.29, 1.82) is 0 Å². The average Bonchev–Trinajstić information content (AvgIpc) is 3.07. The number of benzene rings is 1. The summed E-state index contributed by atoms with van der Waals surface area (Å²) in [5.74, 6) is -4.46. The smallest absolute Gasteiger partial charge is 0.328 e. The Balaban J connectivity index is 2.26. The molecule has 30 heavy (non-hydrogen) atoms. The third-order valence-electron chi connectivity index (χ3n) is 4.51. The molecule has 4 atom stereocenters. The molecule has 11 nitrogen and oxygen atoms in total. The molecule has 0 fully saturated rings. The summed E-state index contributed by atoms with van der Waals surface area (Å²) in [4.78, 5) is 50.1. The van der Waals surface area contributed by atoms with Crippen molar-refractivity contribution in [3.8, 4) is 0 Å². The number of nitrogens with two attached hydrogens (primary N) is 1. The van der Waals surface area contributed by atoms with E-state index in [0.717, 1.165) is 10.9 Å². The third kappa shape index (κ3) is 5.78. The van der Waals surface area contributed by atoms with Crippen LogP contribution < -0.4 is 16.4 Å².